The number of nitrogens with two attached hydrogens (primary N) is 1. The predicted molar refractivity (Wildman–Crippen MR) is 125 cm³/mol. The average molecular weight is 453 g/mol. The van der Waals surface area contributed by atoms with Crippen LogP contribution in [0.2, 0.25) is 0 Å². The van der Waals surface area contributed by atoms with Gasteiger partial charge in [-0.05, 0) is 52.9 Å². The first kappa shape index (κ1) is 26.6. The maximum Gasteiger partial charge on any atom is 0.268 e. The predicted octanol–water partition coefficient (Wildman–Crippen LogP) is 4.47. The minimum absolute atomic E-state index is 0.0298. The molecule has 0 spiro atoms. The fraction of sp³-hybridized carbons (Fsp3) is 0.522. The monoisotopic (exact) mass is 452 g/mol. The third kappa shape index (κ3) is 7.61. The van der Waals surface area contributed by atoms with Crippen molar-refractivity contribution >= 4 is 21.6 Å². The van der Waals surface area contributed by atoms with Crippen molar-refractivity contribution in [3.05, 3.63) is 34.4 Å². The van der Waals surface area contributed by atoms with E-state index >= 15 is 0 Å². The Morgan fingerprint density at radius 3 is 2.23 bits per heavy atom. The van der Waals surface area contributed by atoms with Gasteiger partial charge < -0.3 is 15.9 Å². The van der Waals surface area contributed by atoms with Gasteiger partial charge in [-0.3, -0.25) is 4.79 Å². The first-order valence-electron chi connectivity index (χ1n) is 10.6. The maximum atomic E-state index is 12.8. The van der Waals surface area contributed by atoms with E-state index in [1.165, 1.54) is 5.57 Å². The molecule has 1 rings (SSSR count). The van der Waals surface area contributed by atoms with E-state index in [-0.39, 0.29) is 35.4 Å². The second-order valence-electron chi connectivity index (χ2n) is 8.09. The van der Waals surface area contributed by atoms with Gasteiger partial charge in [-0.15, -0.1) is 0 Å². The Hall–Kier alpha value is -2.48. The van der Waals surface area contributed by atoms with Gasteiger partial charge in [-0.2, -0.15) is 0 Å². The van der Waals surface area contributed by atoms with Crippen LogP contribution in [0, 0.1) is 0 Å². The van der Waals surface area contributed by atoms with Crippen LogP contribution in [0.3, 0.4) is 0 Å². The number of anilines is 1. The van der Waals surface area contributed by atoms with E-state index < -0.39 is 26.6 Å². The third-order valence-electron chi connectivity index (χ3n) is 4.96. The van der Waals surface area contributed by atoms with E-state index in [1.807, 2.05) is 38.5 Å². The van der Waals surface area contributed by atoms with Gasteiger partial charge in [0.25, 0.3) is 10.0 Å². The van der Waals surface area contributed by atoms with Crippen molar-refractivity contribution in [1.29, 1.82) is 0 Å². The summed E-state index contributed by atoms with van der Waals surface area (Å²) >= 11 is 0. The van der Waals surface area contributed by atoms with E-state index in [0.717, 1.165) is 38.2 Å². The first-order valence-corrected chi connectivity index (χ1v) is 12.1. The molecule has 1 aromatic carbocycles. The molecular weight excluding hydrogens is 416 g/mol. The van der Waals surface area contributed by atoms with E-state index in [4.69, 9.17) is 5.73 Å². The molecule has 31 heavy (non-hydrogen) atoms. The van der Waals surface area contributed by atoms with E-state index in [2.05, 4.69) is 6.08 Å². The molecule has 0 aromatic heterocycles. The number of carbonyl (C=O) groups is 1. The number of nitrogen functional groups attached to an aromatic ring is 1. The topological polar surface area (TPSA) is 130 Å². The lowest BCUT2D eigenvalue weighted by molar-refractivity contribution is -0.117. The van der Waals surface area contributed by atoms with Crippen LogP contribution in [0.15, 0.2) is 28.2 Å². The summed E-state index contributed by atoms with van der Waals surface area (Å²) in [6.07, 6.45) is 8.35. The van der Waals surface area contributed by atoms with Crippen LogP contribution in [0.1, 0.15) is 77.8 Å². The third-order valence-corrected chi connectivity index (χ3v) is 6.50. The highest BCUT2D eigenvalue weighted by molar-refractivity contribution is 7.90. The molecule has 0 atom stereocenters. The molecule has 174 valence electrons. The number of rotatable bonds is 11. The molecule has 0 bridgehead atoms. The molecule has 0 fully saturated rings. The normalized spacial score (nSPS) is 12.0. The summed E-state index contributed by atoms with van der Waals surface area (Å²) in [5, 5.41) is 21.5. The summed E-state index contributed by atoms with van der Waals surface area (Å²) in [4.78, 5) is 11.0. The summed E-state index contributed by atoms with van der Waals surface area (Å²) < 4.78 is 27.5. The quantitative estimate of drug-likeness (QED) is 0.129. The number of phenolic OH excluding ortho intramolecular Hbond substituents is 2. The van der Waals surface area contributed by atoms with Crippen LogP contribution in [-0.4, -0.2) is 24.5 Å². The molecule has 0 saturated heterocycles. The molecule has 7 nitrogen and oxygen atoms in total. The molecular formula is C23H36N2O5S. The van der Waals surface area contributed by atoms with Gasteiger partial charge in [0, 0.05) is 18.1 Å². The standard InChI is InChI=1S/C23H36N2O5S/c1-6-7-8-12-18-20(24)21(27)19(14-13-16(4)11-9-10-15(2)3)22(28)23(18)31(29,30)25-17(5)26/h10,13,27-28H,6-9,11-12,14,24H2,1-5H3,(H,25,26)/b16-13-. The highest BCUT2D eigenvalue weighted by atomic mass is 32.2. The number of hydrogen-bond acceptors (Lipinski definition) is 6. The Morgan fingerprint density at radius 2 is 1.68 bits per heavy atom. The highest BCUT2D eigenvalue weighted by Crippen LogP contribution is 2.43. The highest BCUT2D eigenvalue weighted by Gasteiger charge is 2.30. The Morgan fingerprint density at radius 1 is 1.03 bits per heavy atom. The number of aromatic hydroxyl groups is 2. The number of unbranched alkanes of at least 4 members (excludes halogenated alkanes) is 2. The minimum atomic E-state index is -4.35. The smallest absolute Gasteiger partial charge is 0.268 e. The SMILES string of the molecule is CCCCCc1c(N)c(O)c(C/C=C(/C)CCC=C(C)C)c(O)c1S(=O)(=O)NC(C)=O. The lowest BCUT2D eigenvalue weighted by Crippen LogP contribution is -2.29. The van der Waals surface area contributed by atoms with E-state index in [1.54, 1.807) is 0 Å². The van der Waals surface area contributed by atoms with Crippen molar-refractivity contribution in [2.75, 3.05) is 5.73 Å². The second kappa shape index (κ2) is 11.8. The van der Waals surface area contributed by atoms with Gasteiger partial charge in [-0.25, -0.2) is 13.1 Å². The largest absolute Gasteiger partial charge is 0.506 e. The number of carbonyl (C=O) groups excluding carboxylic acids is 1. The number of phenols is 2. The lowest BCUT2D eigenvalue weighted by atomic mass is 9.98. The van der Waals surface area contributed by atoms with Gasteiger partial charge in [0.1, 0.15) is 16.4 Å². The molecule has 1 aromatic rings. The first-order chi connectivity index (χ1) is 14.4. The minimum Gasteiger partial charge on any atom is -0.506 e. The van der Waals surface area contributed by atoms with Crippen molar-refractivity contribution in [2.24, 2.45) is 0 Å². The summed E-state index contributed by atoms with van der Waals surface area (Å²) in [5.41, 5.74) is 8.46. The molecule has 0 aliphatic carbocycles. The van der Waals surface area contributed by atoms with Gasteiger partial charge >= 0.3 is 0 Å². The van der Waals surface area contributed by atoms with Gasteiger partial charge in [-0.1, -0.05) is 43.1 Å². The Kier molecular flexibility index (Phi) is 10.1. The zero-order valence-electron chi connectivity index (χ0n) is 19.2. The average Bonchev–Trinajstić information content (AvgIpc) is 2.64. The van der Waals surface area contributed by atoms with Crippen LogP contribution < -0.4 is 10.5 Å². The molecule has 0 aliphatic rings. The van der Waals surface area contributed by atoms with Crippen molar-refractivity contribution in [1.82, 2.24) is 4.72 Å². The van der Waals surface area contributed by atoms with Crippen molar-refractivity contribution in [2.45, 2.75) is 84.5 Å². The van der Waals surface area contributed by atoms with E-state index in [0.29, 0.717) is 6.42 Å². The van der Waals surface area contributed by atoms with Crippen LogP contribution >= 0.6 is 0 Å². The Bertz CT molecular complexity index is 959. The molecule has 8 heteroatoms. The fourth-order valence-electron chi connectivity index (χ4n) is 3.31. The molecule has 1 amide bonds. The molecule has 0 unspecified atom stereocenters. The van der Waals surface area contributed by atoms with Gasteiger partial charge in [0.05, 0.1) is 5.69 Å². The summed E-state index contributed by atoms with van der Waals surface area (Å²) in [6.45, 7) is 9.07. The second-order valence-corrected chi connectivity index (χ2v) is 9.71. The summed E-state index contributed by atoms with van der Waals surface area (Å²) in [5.74, 6) is -1.67. The lowest BCUT2D eigenvalue weighted by Gasteiger charge is -2.19. The number of nitrogens with one attached hydrogen (secondary N) is 1. The number of sulfonamides is 1. The number of benzene rings is 1. The zero-order valence-corrected chi connectivity index (χ0v) is 20.0. The summed E-state index contributed by atoms with van der Waals surface area (Å²) in [7, 11) is -4.35. The molecule has 0 heterocycles. The maximum absolute atomic E-state index is 12.8. The van der Waals surface area contributed by atoms with Crippen molar-refractivity contribution < 1.29 is 23.4 Å². The molecule has 0 radical (unpaired) electrons. The van der Waals surface area contributed by atoms with Crippen LogP contribution in [0.5, 0.6) is 11.5 Å². The molecule has 0 aliphatic heterocycles. The van der Waals surface area contributed by atoms with Crippen LogP contribution in [-0.2, 0) is 27.7 Å². The van der Waals surface area contributed by atoms with Gasteiger partial charge in [0.2, 0.25) is 5.91 Å². The number of amides is 1. The van der Waals surface area contributed by atoms with Crippen molar-refractivity contribution in [3.63, 3.8) is 0 Å². The van der Waals surface area contributed by atoms with E-state index in [9.17, 15) is 23.4 Å². The zero-order chi connectivity index (χ0) is 23.8. The number of hydrogen-bond donors (Lipinski definition) is 4. The summed E-state index contributed by atoms with van der Waals surface area (Å²) in [6, 6.07) is 0. The fourth-order valence-corrected chi connectivity index (χ4v) is 4.70. The number of allylic oxidation sites excluding steroid dienone is 4. The molecule has 0 saturated carbocycles. The Balaban J connectivity index is 3.47. The van der Waals surface area contributed by atoms with Gasteiger partial charge in [0.15, 0.2) is 0 Å². The van der Waals surface area contributed by atoms with Crippen LogP contribution in [0.25, 0.3) is 0 Å². The van der Waals surface area contributed by atoms with Crippen molar-refractivity contribution in [3.8, 4) is 11.5 Å². The van der Waals surface area contributed by atoms with Crippen LogP contribution in [0.4, 0.5) is 5.69 Å². The Labute approximate surface area is 186 Å². The molecule has 5 N–H and O–H groups in total.